The van der Waals surface area contributed by atoms with Crippen molar-refractivity contribution in [3.63, 3.8) is 0 Å². The van der Waals surface area contributed by atoms with Crippen LogP contribution in [0.3, 0.4) is 0 Å². The van der Waals surface area contributed by atoms with Gasteiger partial charge in [-0.1, -0.05) is 0 Å². The highest BCUT2D eigenvalue weighted by atomic mass is 32.1. The van der Waals surface area contributed by atoms with Gasteiger partial charge in [0.1, 0.15) is 6.54 Å². The van der Waals surface area contributed by atoms with Crippen LogP contribution in [0.4, 0.5) is 5.13 Å². The summed E-state index contributed by atoms with van der Waals surface area (Å²) in [6.45, 7) is -0.239. The van der Waals surface area contributed by atoms with Crippen LogP contribution in [0.2, 0.25) is 0 Å². The first-order chi connectivity index (χ1) is 13.5. The normalized spacial score (nSPS) is 10.4. The minimum Gasteiger partial charge on any atom is -0.493 e. The van der Waals surface area contributed by atoms with Gasteiger partial charge in [-0.3, -0.25) is 9.59 Å². The van der Waals surface area contributed by atoms with Crippen molar-refractivity contribution in [3.05, 3.63) is 46.2 Å². The number of ether oxygens (including phenoxy) is 3. The molecule has 9 nitrogen and oxygen atoms in total. The molecule has 3 rings (SSSR count). The highest BCUT2D eigenvalue weighted by Crippen LogP contribution is 2.40. The van der Waals surface area contributed by atoms with Crippen LogP contribution in [0.15, 0.2) is 40.6 Å². The van der Waals surface area contributed by atoms with Gasteiger partial charge in [0.15, 0.2) is 16.6 Å². The lowest BCUT2D eigenvalue weighted by Gasteiger charge is -2.14. The van der Waals surface area contributed by atoms with Gasteiger partial charge in [-0.15, -0.1) is 11.3 Å². The van der Waals surface area contributed by atoms with E-state index in [1.165, 1.54) is 38.7 Å². The molecule has 0 bridgehead atoms. The number of thiazole rings is 1. The van der Waals surface area contributed by atoms with Crippen molar-refractivity contribution in [1.82, 2.24) is 14.8 Å². The minimum atomic E-state index is -0.398. The molecule has 2 aromatic heterocycles. The number of hydrogen-bond donors (Lipinski definition) is 1. The molecule has 3 aromatic rings. The number of amides is 1. The Labute approximate surface area is 164 Å². The molecular weight excluding hydrogens is 384 g/mol. The third kappa shape index (κ3) is 4.12. The number of nitrogens with one attached hydrogen (secondary N) is 1. The lowest BCUT2D eigenvalue weighted by molar-refractivity contribution is -0.117. The summed E-state index contributed by atoms with van der Waals surface area (Å²) >= 11 is 1.29. The maximum absolute atomic E-state index is 12.2. The van der Waals surface area contributed by atoms with Crippen LogP contribution >= 0.6 is 11.3 Å². The van der Waals surface area contributed by atoms with Crippen LogP contribution in [-0.4, -0.2) is 42.0 Å². The first kappa shape index (κ1) is 19.4. The van der Waals surface area contributed by atoms with Crippen LogP contribution in [0.5, 0.6) is 17.2 Å². The Morgan fingerprint density at radius 1 is 1.14 bits per heavy atom. The molecule has 0 aliphatic rings. The van der Waals surface area contributed by atoms with E-state index < -0.39 is 11.5 Å². The average molecular weight is 402 g/mol. The van der Waals surface area contributed by atoms with Crippen LogP contribution in [0.1, 0.15) is 0 Å². The van der Waals surface area contributed by atoms with Crippen LogP contribution in [0.25, 0.3) is 11.3 Å². The number of nitrogens with zero attached hydrogens (tertiary/aromatic N) is 3. The zero-order valence-electron chi connectivity index (χ0n) is 15.5. The largest absolute Gasteiger partial charge is 0.493 e. The standard InChI is InChI=1S/C18H18N4O5S/c1-25-13-8-11(9-14(26-2)17(13)27-3)12-4-5-16(24)22(21-12)10-15(23)20-18-19-6-7-28-18/h4-9H,10H2,1-3H3,(H,19,20,23). The summed E-state index contributed by atoms with van der Waals surface area (Å²) in [4.78, 5) is 28.3. The zero-order chi connectivity index (χ0) is 20.1. The first-order valence-electron chi connectivity index (χ1n) is 8.13. The first-order valence-corrected chi connectivity index (χ1v) is 9.01. The van der Waals surface area contributed by atoms with Crippen molar-refractivity contribution in [1.29, 1.82) is 0 Å². The molecule has 0 aliphatic heterocycles. The summed E-state index contributed by atoms with van der Waals surface area (Å²) < 4.78 is 17.1. The molecule has 0 saturated heterocycles. The third-order valence-electron chi connectivity index (χ3n) is 3.80. The molecule has 10 heteroatoms. The van der Waals surface area contributed by atoms with Gasteiger partial charge in [0.2, 0.25) is 11.7 Å². The molecule has 0 radical (unpaired) electrons. The Bertz CT molecular complexity index is 1010. The molecule has 146 valence electrons. The zero-order valence-corrected chi connectivity index (χ0v) is 16.3. The summed E-state index contributed by atoms with van der Waals surface area (Å²) in [5.41, 5.74) is 0.718. The smallest absolute Gasteiger partial charge is 0.267 e. The lowest BCUT2D eigenvalue weighted by Crippen LogP contribution is -2.29. The number of methoxy groups -OCH3 is 3. The second kappa shape index (κ2) is 8.53. The highest BCUT2D eigenvalue weighted by Gasteiger charge is 2.16. The summed E-state index contributed by atoms with van der Waals surface area (Å²) in [7, 11) is 4.54. The molecule has 0 saturated carbocycles. The maximum atomic E-state index is 12.2. The Kier molecular flexibility index (Phi) is 5.90. The molecule has 0 unspecified atom stereocenters. The van der Waals surface area contributed by atoms with Crippen molar-refractivity contribution in [2.75, 3.05) is 26.6 Å². The molecule has 0 fully saturated rings. The van der Waals surface area contributed by atoms with Gasteiger partial charge in [-0.25, -0.2) is 9.67 Å². The third-order valence-corrected chi connectivity index (χ3v) is 4.49. The average Bonchev–Trinajstić information content (AvgIpc) is 3.21. The molecule has 0 aliphatic carbocycles. The number of anilines is 1. The number of aromatic nitrogens is 3. The SMILES string of the molecule is COc1cc(-c2ccc(=O)n(CC(=O)Nc3nccs3)n2)cc(OC)c1OC. The number of hydrogen-bond acceptors (Lipinski definition) is 8. The summed E-state index contributed by atoms with van der Waals surface area (Å²) in [6, 6.07) is 6.35. The second-order valence-corrected chi connectivity index (χ2v) is 6.41. The topological polar surface area (TPSA) is 105 Å². The second-order valence-electron chi connectivity index (χ2n) is 5.51. The van der Waals surface area contributed by atoms with E-state index in [2.05, 4.69) is 15.4 Å². The van der Waals surface area contributed by atoms with Crippen molar-refractivity contribution in [2.24, 2.45) is 0 Å². The van der Waals surface area contributed by atoms with Gasteiger partial charge in [-0.2, -0.15) is 5.10 Å². The van der Waals surface area contributed by atoms with E-state index in [9.17, 15) is 9.59 Å². The fourth-order valence-electron chi connectivity index (χ4n) is 2.53. The predicted molar refractivity (Wildman–Crippen MR) is 104 cm³/mol. The number of rotatable bonds is 7. The molecular formula is C18H18N4O5S. The molecule has 0 spiro atoms. The van der Waals surface area contributed by atoms with E-state index in [1.54, 1.807) is 29.8 Å². The molecule has 2 heterocycles. The Hall–Kier alpha value is -3.40. The number of carbonyl (C=O) groups excluding carboxylic acids is 1. The van der Waals surface area contributed by atoms with E-state index in [1.807, 2.05) is 0 Å². The number of benzene rings is 1. The van der Waals surface area contributed by atoms with E-state index >= 15 is 0 Å². The molecule has 0 atom stereocenters. The Morgan fingerprint density at radius 3 is 2.43 bits per heavy atom. The summed E-state index contributed by atoms with van der Waals surface area (Å²) in [6.07, 6.45) is 1.58. The monoisotopic (exact) mass is 402 g/mol. The maximum Gasteiger partial charge on any atom is 0.267 e. The van der Waals surface area contributed by atoms with E-state index in [0.29, 0.717) is 33.6 Å². The minimum absolute atomic E-state index is 0.239. The molecule has 1 aromatic carbocycles. The van der Waals surface area contributed by atoms with Gasteiger partial charge < -0.3 is 19.5 Å². The van der Waals surface area contributed by atoms with Gasteiger partial charge in [-0.05, 0) is 18.2 Å². The fraction of sp³-hybridized carbons (Fsp3) is 0.222. The Balaban J connectivity index is 1.92. The van der Waals surface area contributed by atoms with Crippen molar-refractivity contribution in [3.8, 4) is 28.5 Å². The lowest BCUT2D eigenvalue weighted by atomic mass is 10.1. The van der Waals surface area contributed by atoms with Gasteiger partial charge in [0, 0.05) is 23.2 Å². The van der Waals surface area contributed by atoms with Crippen LogP contribution < -0.4 is 25.1 Å². The number of carbonyl (C=O) groups is 1. The summed E-state index contributed by atoms with van der Waals surface area (Å²) in [5, 5.41) is 9.11. The predicted octanol–water partition coefficient (Wildman–Crippen LogP) is 2.03. The quantitative estimate of drug-likeness (QED) is 0.645. The molecule has 1 amide bonds. The van der Waals surface area contributed by atoms with Crippen LogP contribution in [0, 0.1) is 0 Å². The van der Waals surface area contributed by atoms with Crippen LogP contribution in [-0.2, 0) is 11.3 Å². The molecule has 28 heavy (non-hydrogen) atoms. The van der Waals surface area contributed by atoms with Crippen molar-refractivity contribution in [2.45, 2.75) is 6.54 Å². The van der Waals surface area contributed by atoms with Crippen molar-refractivity contribution >= 4 is 22.4 Å². The molecule has 1 N–H and O–H groups in total. The van der Waals surface area contributed by atoms with E-state index in [0.717, 1.165) is 4.68 Å². The van der Waals surface area contributed by atoms with Gasteiger partial charge >= 0.3 is 0 Å². The van der Waals surface area contributed by atoms with Gasteiger partial charge in [0.25, 0.3) is 5.56 Å². The van der Waals surface area contributed by atoms with E-state index in [4.69, 9.17) is 14.2 Å². The summed E-state index contributed by atoms with van der Waals surface area (Å²) in [5.74, 6) is 0.965. The highest BCUT2D eigenvalue weighted by molar-refractivity contribution is 7.13. The van der Waals surface area contributed by atoms with Gasteiger partial charge in [0.05, 0.1) is 27.0 Å². The van der Waals surface area contributed by atoms with E-state index in [-0.39, 0.29) is 6.54 Å². The Morgan fingerprint density at radius 2 is 1.86 bits per heavy atom. The fourth-order valence-corrected chi connectivity index (χ4v) is 3.07. The van der Waals surface area contributed by atoms with Crippen molar-refractivity contribution < 1.29 is 19.0 Å².